The van der Waals surface area contributed by atoms with Crippen molar-refractivity contribution < 1.29 is 5.11 Å². The fourth-order valence-electron chi connectivity index (χ4n) is 2.63. The summed E-state index contributed by atoms with van der Waals surface area (Å²) in [5.74, 6) is 0. The van der Waals surface area contributed by atoms with Crippen LogP contribution in [0.4, 0.5) is 17.1 Å². The summed E-state index contributed by atoms with van der Waals surface area (Å²) < 4.78 is 0. The zero-order valence-corrected chi connectivity index (χ0v) is 19.8. The van der Waals surface area contributed by atoms with Crippen molar-refractivity contribution in [2.45, 2.75) is 53.7 Å². The number of aliphatic hydroxyl groups is 1. The Kier molecular flexibility index (Phi) is 8.18. The molecule has 0 bridgehead atoms. The van der Waals surface area contributed by atoms with Crippen molar-refractivity contribution in [3.05, 3.63) is 90.0 Å². The number of benzene rings is 3. The first-order valence-corrected chi connectivity index (χ1v) is 10.7. The summed E-state index contributed by atoms with van der Waals surface area (Å²) in [6.45, 7) is 16.3. The Bertz CT molecular complexity index is 937. The quantitative estimate of drug-likeness (QED) is 0.438. The molecule has 0 fully saturated rings. The van der Waals surface area contributed by atoms with E-state index in [-0.39, 0.29) is 5.41 Å². The summed E-state index contributed by atoms with van der Waals surface area (Å²) in [5.41, 5.74) is 5.06. The molecule has 0 unspecified atom stereocenters. The number of nitrogens with zero attached hydrogens (tertiary/aromatic N) is 2. The first kappa shape index (κ1) is 24.4. The second-order valence-electron chi connectivity index (χ2n) is 9.36. The average Bonchev–Trinajstić information content (AvgIpc) is 2.73. The fourth-order valence-corrected chi connectivity index (χ4v) is 2.63. The molecule has 0 atom stereocenters. The highest BCUT2D eigenvalue weighted by molar-refractivity contribution is 5.75. The van der Waals surface area contributed by atoms with E-state index in [0.29, 0.717) is 0 Å². The van der Waals surface area contributed by atoms with Gasteiger partial charge in [0, 0.05) is 12.2 Å². The number of aryl methyl sites for hydroxylation is 1. The monoisotopic (exact) mass is 416 g/mol. The molecule has 1 N–H and O–H groups in total. The third-order valence-corrected chi connectivity index (χ3v) is 5.71. The molecule has 3 aromatic carbocycles. The summed E-state index contributed by atoms with van der Waals surface area (Å²) in [6.07, 6.45) is 0. The third kappa shape index (κ3) is 7.08. The van der Waals surface area contributed by atoms with Gasteiger partial charge in [-0.05, 0) is 62.7 Å². The van der Waals surface area contributed by atoms with Gasteiger partial charge >= 0.3 is 0 Å². The van der Waals surface area contributed by atoms with E-state index in [1.165, 1.54) is 11.1 Å². The van der Waals surface area contributed by atoms with Gasteiger partial charge in [0.2, 0.25) is 0 Å². The molecule has 0 aliphatic rings. The van der Waals surface area contributed by atoms with Crippen LogP contribution in [0.3, 0.4) is 0 Å². The maximum Gasteiger partial charge on any atom is 0.0859 e. The molecule has 3 rings (SSSR count). The number of hydrogen-bond acceptors (Lipinski definition) is 3. The molecule has 0 aromatic heterocycles. The Morgan fingerprint density at radius 3 is 1.84 bits per heavy atom. The van der Waals surface area contributed by atoms with E-state index >= 15 is 0 Å². The van der Waals surface area contributed by atoms with Gasteiger partial charge in [-0.25, -0.2) is 0 Å². The lowest BCUT2D eigenvalue weighted by Gasteiger charge is -2.33. The highest BCUT2D eigenvalue weighted by Gasteiger charge is 2.29. The van der Waals surface area contributed by atoms with Crippen LogP contribution in [0.1, 0.15) is 45.7 Å². The third-order valence-electron chi connectivity index (χ3n) is 5.71. The molecule has 31 heavy (non-hydrogen) atoms. The van der Waals surface area contributed by atoms with Crippen molar-refractivity contribution in [2.75, 3.05) is 4.90 Å². The molecular formula is C28H36N2O. The van der Waals surface area contributed by atoms with E-state index in [1.54, 1.807) is 0 Å². The largest absolute Gasteiger partial charge is 0.390 e. The lowest BCUT2D eigenvalue weighted by molar-refractivity contribution is -0.0238. The Morgan fingerprint density at radius 2 is 1.32 bits per heavy atom. The minimum absolute atomic E-state index is 0.00694. The number of aliphatic imine (C=N–C) groups is 1. The van der Waals surface area contributed by atoms with Gasteiger partial charge in [0.1, 0.15) is 0 Å². The fraction of sp³-hybridized carbons (Fsp3) is 0.321. The zero-order valence-electron chi connectivity index (χ0n) is 19.8. The van der Waals surface area contributed by atoms with E-state index in [2.05, 4.69) is 78.1 Å². The van der Waals surface area contributed by atoms with E-state index < -0.39 is 5.60 Å². The van der Waals surface area contributed by atoms with Gasteiger partial charge in [-0.2, -0.15) is 0 Å². The van der Waals surface area contributed by atoms with Crippen LogP contribution in [0.5, 0.6) is 0 Å². The maximum atomic E-state index is 9.35. The zero-order chi connectivity index (χ0) is 23.1. The Labute approximate surface area is 188 Å². The number of hydrogen-bond donors (Lipinski definition) is 1. The summed E-state index contributed by atoms with van der Waals surface area (Å²) in [4.78, 5) is 6.45. The van der Waals surface area contributed by atoms with Crippen molar-refractivity contribution >= 4 is 23.8 Å². The highest BCUT2D eigenvalue weighted by Crippen LogP contribution is 2.35. The minimum atomic E-state index is -0.562. The van der Waals surface area contributed by atoms with Crippen LogP contribution in [0.25, 0.3) is 0 Å². The second-order valence-corrected chi connectivity index (χ2v) is 9.36. The Balaban J connectivity index is 0.000000366. The van der Waals surface area contributed by atoms with Crippen LogP contribution < -0.4 is 4.90 Å². The highest BCUT2D eigenvalue weighted by atomic mass is 16.3. The molecule has 164 valence electrons. The van der Waals surface area contributed by atoms with E-state index in [9.17, 15) is 5.11 Å². The van der Waals surface area contributed by atoms with Crippen molar-refractivity contribution in [3.8, 4) is 0 Å². The van der Waals surface area contributed by atoms with Crippen LogP contribution in [0.15, 0.2) is 83.9 Å². The van der Waals surface area contributed by atoms with Gasteiger partial charge in [-0.1, -0.05) is 80.9 Å². The summed E-state index contributed by atoms with van der Waals surface area (Å²) in [7, 11) is 0. The summed E-state index contributed by atoms with van der Waals surface area (Å²) >= 11 is 0. The Morgan fingerprint density at radius 1 is 0.806 bits per heavy atom. The van der Waals surface area contributed by atoms with E-state index in [1.807, 2.05) is 58.9 Å². The van der Waals surface area contributed by atoms with Crippen LogP contribution in [0.2, 0.25) is 0 Å². The molecule has 3 nitrogen and oxygen atoms in total. The number of para-hydroxylation sites is 3. The van der Waals surface area contributed by atoms with Gasteiger partial charge in [0.05, 0.1) is 17.0 Å². The standard InChI is InChI=1S/C21H20N2.C7H16O/c1-17-12-14-18(15-13-17)16-23(19-8-4-3-5-9-19)21-11-7-6-10-20(21)22-2;1-6(2,3)7(4,5)8/h3-15H,2,16H2,1H3;8H,1-5H3. The summed E-state index contributed by atoms with van der Waals surface area (Å²) in [5, 5.41) is 9.35. The Hall–Kier alpha value is -2.91. The van der Waals surface area contributed by atoms with Crippen molar-refractivity contribution in [2.24, 2.45) is 10.4 Å². The van der Waals surface area contributed by atoms with Gasteiger partial charge in [-0.3, -0.25) is 4.99 Å². The minimum Gasteiger partial charge on any atom is -0.390 e. The maximum absolute atomic E-state index is 9.35. The molecule has 0 amide bonds. The van der Waals surface area contributed by atoms with Crippen molar-refractivity contribution in [1.82, 2.24) is 0 Å². The molecule has 0 spiro atoms. The molecule has 0 saturated heterocycles. The van der Waals surface area contributed by atoms with Crippen LogP contribution in [-0.2, 0) is 6.54 Å². The topological polar surface area (TPSA) is 35.8 Å². The smallest absolute Gasteiger partial charge is 0.0859 e. The van der Waals surface area contributed by atoms with Crippen LogP contribution in [0, 0.1) is 12.3 Å². The molecule has 0 saturated carbocycles. The lowest BCUT2D eigenvalue weighted by atomic mass is 9.79. The molecular weight excluding hydrogens is 380 g/mol. The summed E-state index contributed by atoms with van der Waals surface area (Å²) in [6, 6.07) is 27.1. The molecule has 0 heterocycles. The number of rotatable bonds is 5. The van der Waals surface area contributed by atoms with E-state index in [0.717, 1.165) is 23.6 Å². The first-order chi connectivity index (χ1) is 14.5. The second kappa shape index (κ2) is 10.4. The molecule has 0 aliphatic carbocycles. The van der Waals surface area contributed by atoms with Gasteiger partial charge < -0.3 is 10.0 Å². The SMILES string of the molecule is C=Nc1ccccc1N(Cc1ccc(C)cc1)c1ccccc1.CC(C)(C)C(C)(C)O. The van der Waals surface area contributed by atoms with Crippen molar-refractivity contribution in [1.29, 1.82) is 0 Å². The molecule has 3 aromatic rings. The van der Waals surface area contributed by atoms with Gasteiger partial charge in [0.15, 0.2) is 0 Å². The molecule has 0 radical (unpaired) electrons. The predicted octanol–water partition coefficient (Wildman–Crippen LogP) is 7.47. The number of anilines is 2. The first-order valence-electron chi connectivity index (χ1n) is 10.7. The predicted molar refractivity (Wildman–Crippen MR) is 135 cm³/mol. The van der Waals surface area contributed by atoms with Crippen molar-refractivity contribution in [3.63, 3.8) is 0 Å². The van der Waals surface area contributed by atoms with Crippen LogP contribution >= 0.6 is 0 Å². The normalized spacial score (nSPS) is 11.3. The van der Waals surface area contributed by atoms with Crippen LogP contribution in [-0.4, -0.2) is 17.4 Å². The molecule has 3 heteroatoms. The van der Waals surface area contributed by atoms with Gasteiger partial charge in [0.25, 0.3) is 0 Å². The molecule has 0 aliphatic heterocycles. The average molecular weight is 417 g/mol. The lowest BCUT2D eigenvalue weighted by Crippen LogP contribution is -2.35. The van der Waals surface area contributed by atoms with E-state index in [4.69, 9.17) is 0 Å². The van der Waals surface area contributed by atoms with Gasteiger partial charge in [-0.15, -0.1) is 0 Å².